The molecule has 0 bridgehead atoms. The third kappa shape index (κ3) is 2.74. The molecular formula is C21H16FN5O3. The number of aromatic nitrogens is 2. The smallest absolute Gasteiger partial charge is 0.322 e. The first-order valence-electron chi connectivity index (χ1n) is 9.27. The fraction of sp³-hybridized carbons (Fsp3) is 0.143. The number of carbonyl (C=O) groups excluding carboxylic acids is 3. The minimum absolute atomic E-state index is 0.0786. The molecule has 3 N–H and O–H groups in total. The molecule has 0 aliphatic carbocycles. The van der Waals surface area contributed by atoms with Gasteiger partial charge in [-0.15, -0.1) is 0 Å². The molecule has 4 amide bonds. The summed E-state index contributed by atoms with van der Waals surface area (Å²) in [4.78, 5) is 39.1. The number of hydrogen-bond acceptors (Lipinski definition) is 4. The summed E-state index contributed by atoms with van der Waals surface area (Å²) in [6, 6.07) is 10.5. The second-order valence-corrected chi connectivity index (χ2v) is 7.34. The Kier molecular flexibility index (Phi) is 3.92. The molecule has 8 nitrogen and oxygen atoms in total. The predicted octanol–water partition coefficient (Wildman–Crippen LogP) is 1.91. The zero-order valence-electron chi connectivity index (χ0n) is 15.6. The Bertz CT molecular complexity index is 1180. The molecular weight excluding hydrogens is 389 g/mol. The van der Waals surface area contributed by atoms with E-state index in [2.05, 4.69) is 20.8 Å². The Labute approximate surface area is 170 Å². The third-order valence-electron chi connectivity index (χ3n) is 5.53. The van der Waals surface area contributed by atoms with Gasteiger partial charge in [0.05, 0.1) is 12.7 Å². The molecule has 1 atom stereocenters. The summed E-state index contributed by atoms with van der Waals surface area (Å²) in [6.07, 6.45) is 3.42. The Morgan fingerprint density at radius 3 is 2.53 bits per heavy atom. The number of benzene rings is 2. The lowest BCUT2D eigenvalue weighted by Crippen LogP contribution is -2.52. The van der Waals surface area contributed by atoms with Gasteiger partial charge in [-0.05, 0) is 28.8 Å². The molecule has 9 heteroatoms. The number of fused-ring (bicyclic) bond motifs is 1. The van der Waals surface area contributed by atoms with Gasteiger partial charge >= 0.3 is 6.03 Å². The normalized spacial score (nSPS) is 20.3. The van der Waals surface area contributed by atoms with Crippen LogP contribution in [0.4, 0.5) is 9.18 Å². The van der Waals surface area contributed by atoms with Crippen molar-refractivity contribution >= 4 is 17.8 Å². The third-order valence-corrected chi connectivity index (χ3v) is 5.53. The van der Waals surface area contributed by atoms with E-state index in [9.17, 15) is 18.8 Å². The van der Waals surface area contributed by atoms with Crippen LogP contribution >= 0.6 is 0 Å². The summed E-state index contributed by atoms with van der Waals surface area (Å²) in [5.74, 6) is -1.42. The number of nitrogens with one attached hydrogen (secondary N) is 3. The van der Waals surface area contributed by atoms with Crippen LogP contribution in [-0.2, 0) is 16.9 Å². The Balaban J connectivity index is 1.50. The van der Waals surface area contributed by atoms with Crippen LogP contribution in [0.2, 0.25) is 0 Å². The highest BCUT2D eigenvalue weighted by Crippen LogP contribution is 2.32. The van der Waals surface area contributed by atoms with Gasteiger partial charge in [0.15, 0.2) is 5.54 Å². The van der Waals surface area contributed by atoms with E-state index in [0.717, 1.165) is 11.1 Å². The number of halogens is 1. The van der Waals surface area contributed by atoms with Gasteiger partial charge in [0.2, 0.25) is 0 Å². The maximum Gasteiger partial charge on any atom is 0.322 e. The SMILES string of the molecule is O=C1NC(=O)C(CN2Cc3ccc(F)cc3C2=O)(c2ccc(-c3cn[nH]c3)cc2)N1. The number of imide groups is 1. The topological polar surface area (TPSA) is 107 Å². The van der Waals surface area contributed by atoms with Crippen LogP contribution in [-0.4, -0.2) is 39.5 Å². The van der Waals surface area contributed by atoms with Crippen LogP contribution in [0.1, 0.15) is 21.5 Å². The summed E-state index contributed by atoms with van der Waals surface area (Å²) < 4.78 is 13.6. The minimum Gasteiger partial charge on any atom is -0.331 e. The van der Waals surface area contributed by atoms with Crippen LogP contribution in [0.15, 0.2) is 54.9 Å². The van der Waals surface area contributed by atoms with Crippen molar-refractivity contribution in [3.63, 3.8) is 0 Å². The molecule has 5 rings (SSSR count). The molecule has 2 aromatic carbocycles. The van der Waals surface area contributed by atoms with E-state index in [4.69, 9.17) is 0 Å². The summed E-state index contributed by atoms with van der Waals surface area (Å²) in [6.45, 7) is 0.150. The number of nitrogens with zero attached hydrogens (tertiary/aromatic N) is 2. The number of hydrogen-bond donors (Lipinski definition) is 3. The molecule has 1 unspecified atom stereocenters. The Morgan fingerprint density at radius 1 is 1.07 bits per heavy atom. The molecule has 1 saturated heterocycles. The van der Waals surface area contributed by atoms with Crippen molar-refractivity contribution in [2.45, 2.75) is 12.1 Å². The molecule has 0 saturated carbocycles. The maximum atomic E-state index is 13.6. The van der Waals surface area contributed by atoms with Crippen LogP contribution in [0, 0.1) is 5.82 Å². The zero-order valence-corrected chi connectivity index (χ0v) is 15.6. The lowest BCUT2D eigenvalue weighted by molar-refractivity contribution is -0.124. The molecule has 2 aliphatic heterocycles. The summed E-state index contributed by atoms with van der Waals surface area (Å²) in [7, 11) is 0. The molecule has 3 aromatic rings. The first-order valence-corrected chi connectivity index (χ1v) is 9.27. The second kappa shape index (κ2) is 6.51. The number of urea groups is 1. The standard InChI is InChI=1S/C21H16FN5O3/c22-16-6-3-13-10-27(18(28)17(13)7-16)11-21(19(29)25-20(30)26-21)15-4-1-12(2-5-15)14-8-23-24-9-14/h1-9H,10-11H2,(H,23,24)(H2,25,26,29,30). The summed E-state index contributed by atoms with van der Waals surface area (Å²) >= 11 is 0. The van der Waals surface area contributed by atoms with Gasteiger partial charge in [-0.25, -0.2) is 9.18 Å². The number of carbonyl (C=O) groups is 3. The van der Waals surface area contributed by atoms with E-state index in [1.54, 1.807) is 30.6 Å². The lowest BCUT2D eigenvalue weighted by atomic mass is 9.88. The van der Waals surface area contributed by atoms with Gasteiger partial charge in [0, 0.05) is 23.9 Å². The van der Waals surface area contributed by atoms with Crippen molar-refractivity contribution in [3.05, 3.63) is 77.4 Å². The summed E-state index contributed by atoms with van der Waals surface area (Å²) in [5.41, 5.74) is 1.80. The van der Waals surface area contributed by atoms with E-state index < -0.39 is 23.3 Å². The van der Waals surface area contributed by atoms with Crippen LogP contribution in [0.5, 0.6) is 0 Å². The highest BCUT2D eigenvalue weighted by molar-refractivity contribution is 6.08. The zero-order chi connectivity index (χ0) is 20.9. The first kappa shape index (κ1) is 18.0. The number of rotatable bonds is 4. The highest BCUT2D eigenvalue weighted by Gasteiger charge is 2.50. The van der Waals surface area contributed by atoms with E-state index in [1.807, 2.05) is 12.1 Å². The molecule has 2 aliphatic rings. The molecule has 150 valence electrons. The second-order valence-electron chi connectivity index (χ2n) is 7.34. The fourth-order valence-corrected chi connectivity index (χ4v) is 4.00. The van der Waals surface area contributed by atoms with Crippen molar-refractivity contribution in [1.29, 1.82) is 0 Å². The van der Waals surface area contributed by atoms with E-state index in [-0.39, 0.29) is 24.6 Å². The van der Waals surface area contributed by atoms with Gasteiger partial charge in [-0.3, -0.25) is 20.0 Å². The van der Waals surface area contributed by atoms with Gasteiger partial charge in [-0.1, -0.05) is 30.3 Å². The van der Waals surface area contributed by atoms with Crippen molar-refractivity contribution in [2.75, 3.05) is 6.54 Å². The van der Waals surface area contributed by atoms with Crippen molar-refractivity contribution in [3.8, 4) is 11.1 Å². The molecule has 3 heterocycles. The van der Waals surface area contributed by atoms with Crippen LogP contribution < -0.4 is 10.6 Å². The summed E-state index contributed by atoms with van der Waals surface area (Å²) in [5, 5.41) is 11.6. The number of H-pyrrole nitrogens is 1. The predicted molar refractivity (Wildman–Crippen MR) is 104 cm³/mol. The maximum absolute atomic E-state index is 13.6. The van der Waals surface area contributed by atoms with Crippen molar-refractivity contribution in [2.24, 2.45) is 0 Å². The quantitative estimate of drug-likeness (QED) is 0.577. The monoisotopic (exact) mass is 405 g/mol. The Hall–Kier alpha value is -4.01. The van der Waals surface area contributed by atoms with E-state index >= 15 is 0 Å². The van der Waals surface area contributed by atoms with Gasteiger partial charge in [-0.2, -0.15) is 5.10 Å². The van der Waals surface area contributed by atoms with Gasteiger partial charge < -0.3 is 10.2 Å². The molecule has 0 spiro atoms. The minimum atomic E-state index is -1.44. The molecule has 1 aromatic heterocycles. The average Bonchev–Trinajstić information content (AvgIpc) is 3.43. The van der Waals surface area contributed by atoms with Crippen molar-refractivity contribution in [1.82, 2.24) is 25.7 Å². The van der Waals surface area contributed by atoms with Crippen LogP contribution in [0.25, 0.3) is 11.1 Å². The fourth-order valence-electron chi connectivity index (χ4n) is 4.00. The Morgan fingerprint density at radius 2 is 1.87 bits per heavy atom. The van der Waals surface area contributed by atoms with E-state index in [0.29, 0.717) is 11.1 Å². The van der Waals surface area contributed by atoms with Crippen LogP contribution in [0.3, 0.4) is 0 Å². The molecule has 1 fully saturated rings. The highest BCUT2D eigenvalue weighted by atomic mass is 19.1. The first-order chi connectivity index (χ1) is 14.5. The largest absolute Gasteiger partial charge is 0.331 e. The lowest BCUT2D eigenvalue weighted by Gasteiger charge is -2.31. The number of aromatic amines is 1. The average molecular weight is 405 g/mol. The number of amides is 4. The van der Waals surface area contributed by atoms with Gasteiger partial charge in [0.25, 0.3) is 11.8 Å². The van der Waals surface area contributed by atoms with Gasteiger partial charge in [0.1, 0.15) is 5.82 Å². The molecule has 0 radical (unpaired) electrons. The van der Waals surface area contributed by atoms with Crippen molar-refractivity contribution < 1.29 is 18.8 Å². The molecule has 30 heavy (non-hydrogen) atoms. The van der Waals surface area contributed by atoms with E-state index in [1.165, 1.54) is 17.0 Å².